The van der Waals surface area contributed by atoms with Crippen molar-refractivity contribution in [2.45, 2.75) is 51.2 Å². The largest absolute Gasteiger partial charge is 0.167 e. The predicted octanol–water partition coefficient (Wildman–Crippen LogP) is 4.81. The molecule has 2 bridgehead atoms. The van der Waals surface area contributed by atoms with Crippen molar-refractivity contribution in [3.05, 3.63) is 12.2 Å². The van der Waals surface area contributed by atoms with E-state index in [1.807, 2.05) is 0 Å². The van der Waals surface area contributed by atoms with E-state index in [1.165, 1.54) is 37.4 Å². The molecule has 0 N–H and O–H groups in total. The van der Waals surface area contributed by atoms with Gasteiger partial charge in [0.25, 0.3) is 0 Å². The highest BCUT2D eigenvalue weighted by Gasteiger charge is 2.37. The topological polar surface area (TPSA) is 0 Å². The molecule has 2 aliphatic rings. The molecule has 1 saturated carbocycles. The Morgan fingerprint density at radius 2 is 1.93 bits per heavy atom. The second kappa shape index (κ2) is 4.63. The Morgan fingerprint density at radius 3 is 2.40 bits per heavy atom. The van der Waals surface area contributed by atoms with Crippen LogP contribution in [0, 0.1) is 17.8 Å². The first-order valence-electron chi connectivity index (χ1n) is 6.54. The quantitative estimate of drug-likeness (QED) is 0.369. The zero-order chi connectivity index (χ0) is 10.9. The first-order chi connectivity index (χ1) is 7.17. The van der Waals surface area contributed by atoms with Crippen molar-refractivity contribution in [2.75, 3.05) is 0 Å². The summed E-state index contributed by atoms with van der Waals surface area (Å²) in [4.78, 5) is 0. The maximum Gasteiger partial charge on any atom is 0.156 e. The second-order valence-corrected chi connectivity index (χ2v) is 12.1. The highest BCUT2D eigenvalue weighted by molar-refractivity contribution is 7.20. The lowest BCUT2D eigenvalue weighted by molar-refractivity contribution is 0.432. The van der Waals surface area contributed by atoms with Crippen LogP contribution in [0.4, 0.5) is 0 Å². The molecule has 0 heterocycles. The minimum atomic E-state index is -1.34. The van der Waals surface area contributed by atoms with Gasteiger partial charge in [0.2, 0.25) is 0 Å². The fourth-order valence-corrected chi connectivity index (χ4v) is 5.70. The van der Waals surface area contributed by atoms with Gasteiger partial charge in [-0.1, -0.05) is 32.4 Å². The predicted molar refractivity (Wildman–Crippen MR) is 70.8 cm³/mol. The van der Waals surface area contributed by atoms with Crippen molar-refractivity contribution in [3.8, 4) is 0 Å². The van der Waals surface area contributed by atoms with E-state index >= 15 is 0 Å². The van der Waals surface area contributed by atoms with Crippen LogP contribution in [-0.4, -0.2) is 7.38 Å². The van der Waals surface area contributed by atoms with E-state index in [-0.39, 0.29) is 0 Å². The summed E-state index contributed by atoms with van der Waals surface area (Å²) >= 11 is 6.71. The molecule has 0 aliphatic heterocycles. The van der Waals surface area contributed by atoms with E-state index in [0.29, 0.717) is 0 Å². The van der Waals surface area contributed by atoms with Gasteiger partial charge in [-0.2, -0.15) is 11.1 Å². The molecule has 2 heteroatoms. The third-order valence-electron chi connectivity index (χ3n) is 4.65. The maximum absolute atomic E-state index is 6.71. The van der Waals surface area contributed by atoms with Crippen LogP contribution < -0.4 is 0 Å². The molecule has 15 heavy (non-hydrogen) atoms. The van der Waals surface area contributed by atoms with Crippen LogP contribution in [0.3, 0.4) is 0 Å². The summed E-state index contributed by atoms with van der Waals surface area (Å²) in [6.45, 7) is 4.56. The average molecular weight is 243 g/mol. The third kappa shape index (κ3) is 2.50. The summed E-state index contributed by atoms with van der Waals surface area (Å²) in [5.74, 6) is 2.82. The summed E-state index contributed by atoms with van der Waals surface area (Å²) in [6, 6.07) is 3.85. The summed E-state index contributed by atoms with van der Waals surface area (Å²) < 4.78 is 0. The van der Waals surface area contributed by atoms with Crippen LogP contribution in [0.1, 0.15) is 33.1 Å². The lowest BCUT2D eigenvalue weighted by Gasteiger charge is -2.25. The van der Waals surface area contributed by atoms with Gasteiger partial charge in [0.1, 0.15) is 0 Å². The van der Waals surface area contributed by atoms with E-state index in [0.717, 1.165) is 17.8 Å². The van der Waals surface area contributed by atoms with Crippen LogP contribution in [0.15, 0.2) is 12.2 Å². The molecule has 0 nitrogen and oxygen atoms in total. The van der Waals surface area contributed by atoms with Crippen molar-refractivity contribution in [1.82, 2.24) is 0 Å². The number of rotatable bonds is 5. The number of hydrogen-bond acceptors (Lipinski definition) is 0. The average Bonchev–Trinajstić information content (AvgIpc) is 2.87. The Kier molecular flexibility index (Phi) is 3.62. The standard InChI is InChI=1S/C13H23ClSi/c1-3-15(14,4-2)8-7-13-10-11-5-6-12(13)9-11/h5-6,11-13H,3-4,7-10H2,1-2H3. The van der Waals surface area contributed by atoms with E-state index < -0.39 is 7.38 Å². The Hall–Kier alpha value is 0.247. The molecule has 1 fully saturated rings. The summed E-state index contributed by atoms with van der Waals surface area (Å²) in [5, 5.41) is 0. The van der Waals surface area contributed by atoms with Gasteiger partial charge in [-0.3, -0.25) is 0 Å². The number of fused-ring (bicyclic) bond motifs is 2. The van der Waals surface area contributed by atoms with E-state index in [1.54, 1.807) is 0 Å². The van der Waals surface area contributed by atoms with Crippen LogP contribution in [0.2, 0.25) is 18.1 Å². The van der Waals surface area contributed by atoms with Gasteiger partial charge in [-0.15, -0.1) is 0 Å². The van der Waals surface area contributed by atoms with Crippen LogP contribution in [0.5, 0.6) is 0 Å². The van der Waals surface area contributed by atoms with E-state index in [4.69, 9.17) is 11.1 Å². The van der Waals surface area contributed by atoms with Gasteiger partial charge in [0.15, 0.2) is 7.38 Å². The monoisotopic (exact) mass is 242 g/mol. The summed E-state index contributed by atoms with van der Waals surface area (Å²) in [6.07, 6.45) is 9.21. The molecule has 2 aliphatic carbocycles. The van der Waals surface area contributed by atoms with Gasteiger partial charge in [-0.05, 0) is 48.7 Å². The Balaban J connectivity index is 1.81. The van der Waals surface area contributed by atoms with Gasteiger partial charge in [0.05, 0.1) is 0 Å². The Labute approximate surface area is 99.8 Å². The smallest absolute Gasteiger partial charge is 0.156 e. The SMILES string of the molecule is CC[Si](Cl)(CC)CCC1CC2C=CC1C2. The zero-order valence-corrected chi connectivity index (χ0v) is 11.8. The van der Waals surface area contributed by atoms with Gasteiger partial charge in [0, 0.05) is 0 Å². The maximum atomic E-state index is 6.71. The Morgan fingerprint density at radius 1 is 1.20 bits per heavy atom. The Bertz CT molecular complexity index is 245. The van der Waals surface area contributed by atoms with Crippen molar-refractivity contribution in [2.24, 2.45) is 17.8 Å². The first-order valence-corrected chi connectivity index (χ1v) is 10.2. The molecular formula is C13H23ClSi. The lowest BCUT2D eigenvalue weighted by atomic mass is 9.91. The molecule has 86 valence electrons. The lowest BCUT2D eigenvalue weighted by Crippen LogP contribution is -2.25. The molecule has 0 aromatic heterocycles. The molecule has 0 amide bonds. The first kappa shape index (κ1) is 11.7. The molecule has 3 unspecified atom stereocenters. The third-order valence-corrected chi connectivity index (χ3v) is 10.5. The molecule has 2 rings (SSSR count). The minimum absolute atomic E-state index is 0.915. The van der Waals surface area contributed by atoms with Crippen molar-refractivity contribution in [3.63, 3.8) is 0 Å². The van der Waals surface area contributed by atoms with Crippen molar-refractivity contribution in [1.29, 1.82) is 0 Å². The van der Waals surface area contributed by atoms with Crippen molar-refractivity contribution < 1.29 is 0 Å². The molecule has 0 radical (unpaired) electrons. The second-order valence-electron chi connectivity index (χ2n) is 5.44. The summed E-state index contributed by atoms with van der Waals surface area (Å²) in [5.41, 5.74) is 0. The highest BCUT2D eigenvalue weighted by atomic mass is 35.6. The minimum Gasteiger partial charge on any atom is -0.167 e. The van der Waals surface area contributed by atoms with Gasteiger partial charge in [-0.25, -0.2) is 0 Å². The van der Waals surface area contributed by atoms with Gasteiger partial charge >= 0.3 is 0 Å². The molecule has 0 spiro atoms. The molecular weight excluding hydrogens is 220 g/mol. The van der Waals surface area contributed by atoms with Crippen LogP contribution in [-0.2, 0) is 0 Å². The summed E-state index contributed by atoms with van der Waals surface area (Å²) in [7, 11) is -1.34. The zero-order valence-electron chi connectivity index (χ0n) is 10.0. The number of hydrogen-bond donors (Lipinski definition) is 0. The fraction of sp³-hybridized carbons (Fsp3) is 0.846. The molecule has 0 aromatic carbocycles. The van der Waals surface area contributed by atoms with Gasteiger partial charge < -0.3 is 0 Å². The molecule has 0 aromatic rings. The molecule has 3 atom stereocenters. The number of allylic oxidation sites excluding steroid dienone is 2. The van der Waals surface area contributed by atoms with E-state index in [9.17, 15) is 0 Å². The molecule has 0 saturated heterocycles. The van der Waals surface area contributed by atoms with Crippen LogP contribution >= 0.6 is 11.1 Å². The highest BCUT2D eigenvalue weighted by Crippen LogP contribution is 2.46. The number of halogens is 1. The fourth-order valence-electron chi connectivity index (χ4n) is 3.27. The van der Waals surface area contributed by atoms with E-state index in [2.05, 4.69) is 26.0 Å². The normalized spacial score (nSPS) is 33.9. The van der Waals surface area contributed by atoms with Crippen molar-refractivity contribution >= 4 is 18.5 Å². The van der Waals surface area contributed by atoms with Crippen LogP contribution in [0.25, 0.3) is 0 Å².